The highest BCUT2D eigenvalue weighted by molar-refractivity contribution is 5.87. The minimum absolute atomic E-state index is 0.810. The van der Waals surface area contributed by atoms with Gasteiger partial charge in [-0.2, -0.15) is 0 Å². The van der Waals surface area contributed by atoms with E-state index < -0.39 is 0 Å². The van der Waals surface area contributed by atoms with Crippen molar-refractivity contribution in [2.75, 3.05) is 19.0 Å². The molecule has 2 heterocycles. The highest BCUT2D eigenvalue weighted by atomic mass is 16.3. The van der Waals surface area contributed by atoms with Crippen LogP contribution in [0.3, 0.4) is 0 Å². The molecule has 0 unspecified atom stereocenters. The molecule has 98 valence electrons. The predicted molar refractivity (Wildman–Crippen MR) is 78.9 cm³/mol. The third kappa shape index (κ3) is 2.12. The van der Waals surface area contributed by atoms with Crippen molar-refractivity contribution in [1.82, 2.24) is 4.98 Å². The van der Waals surface area contributed by atoms with Gasteiger partial charge in [-0.3, -0.25) is 0 Å². The largest absolute Gasteiger partial charge is 0.469 e. The minimum atomic E-state index is 0.810. The first kappa shape index (κ1) is 11.9. The lowest BCUT2D eigenvalue weighted by Crippen LogP contribution is -2.07. The van der Waals surface area contributed by atoms with Gasteiger partial charge in [0.15, 0.2) is 0 Å². The van der Waals surface area contributed by atoms with Crippen LogP contribution in [0, 0.1) is 6.92 Å². The quantitative estimate of drug-likeness (QED) is 0.772. The molecular weight excluding hydrogens is 236 g/mol. The molecule has 0 bridgehead atoms. The molecule has 0 saturated carbocycles. The van der Waals surface area contributed by atoms with Crippen LogP contribution in [-0.2, 0) is 6.42 Å². The van der Waals surface area contributed by atoms with Crippen molar-refractivity contribution >= 4 is 16.6 Å². The summed E-state index contributed by atoms with van der Waals surface area (Å²) in [5.74, 6) is 0.988. The number of anilines is 1. The lowest BCUT2D eigenvalue weighted by atomic mass is 10.1. The van der Waals surface area contributed by atoms with Gasteiger partial charge in [-0.25, -0.2) is 0 Å². The Kier molecular flexibility index (Phi) is 2.82. The normalized spacial score (nSPS) is 11.1. The summed E-state index contributed by atoms with van der Waals surface area (Å²) in [6.45, 7) is 2.16. The molecule has 0 radical (unpaired) electrons. The number of benzene rings is 1. The van der Waals surface area contributed by atoms with E-state index in [4.69, 9.17) is 4.42 Å². The minimum Gasteiger partial charge on any atom is -0.469 e. The van der Waals surface area contributed by atoms with E-state index in [1.165, 1.54) is 27.8 Å². The number of nitrogens with zero attached hydrogens (tertiary/aromatic N) is 1. The number of rotatable bonds is 3. The van der Waals surface area contributed by atoms with Crippen LogP contribution in [0.1, 0.15) is 17.0 Å². The van der Waals surface area contributed by atoms with Crippen LogP contribution in [0.2, 0.25) is 0 Å². The maximum Gasteiger partial charge on any atom is 0.109 e. The summed E-state index contributed by atoms with van der Waals surface area (Å²) in [5, 5.41) is 1.28. The summed E-state index contributed by atoms with van der Waals surface area (Å²) in [6.07, 6.45) is 2.53. The smallest absolute Gasteiger partial charge is 0.109 e. The van der Waals surface area contributed by atoms with Crippen LogP contribution in [0.4, 0.5) is 5.69 Å². The second kappa shape index (κ2) is 4.50. The molecule has 3 rings (SSSR count). The lowest BCUT2D eigenvalue weighted by molar-refractivity contribution is 0.519. The van der Waals surface area contributed by atoms with E-state index in [0.717, 1.165) is 12.2 Å². The summed E-state index contributed by atoms with van der Waals surface area (Å²) >= 11 is 0. The monoisotopic (exact) mass is 254 g/mol. The molecule has 2 aromatic heterocycles. The Bertz CT molecular complexity index is 693. The number of furan rings is 1. The second-order valence-corrected chi connectivity index (χ2v) is 5.11. The lowest BCUT2D eigenvalue weighted by Gasteiger charge is -2.11. The summed E-state index contributed by atoms with van der Waals surface area (Å²) in [6, 6.07) is 10.5. The van der Waals surface area contributed by atoms with Gasteiger partial charge in [0.1, 0.15) is 5.76 Å². The van der Waals surface area contributed by atoms with E-state index in [1.807, 2.05) is 12.1 Å². The molecule has 0 aliphatic heterocycles. The Hall–Kier alpha value is -2.16. The zero-order valence-corrected chi connectivity index (χ0v) is 11.5. The second-order valence-electron chi connectivity index (χ2n) is 5.11. The van der Waals surface area contributed by atoms with Crippen molar-refractivity contribution in [2.45, 2.75) is 13.3 Å². The zero-order valence-electron chi connectivity index (χ0n) is 11.5. The van der Waals surface area contributed by atoms with Gasteiger partial charge < -0.3 is 14.3 Å². The van der Waals surface area contributed by atoms with E-state index in [1.54, 1.807) is 6.26 Å². The number of nitrogens with one attached hydrogen (secondary N) is 1. The molecule has 0 saturated heterocycles. The van der Waals surface area contributed by atoms with Crippen molar-refractivity contribution < 1.29 is 4.42 Å². The Balaban J connectivity index is 2.04. The van der Waals surface area contributed by atoms with E-state index >= 15 is 0 Å². The van der Waals surface area contributed by atoms with E-state index in [2.05, 4.69) is 49.1 Å². The molecule has 0 amide bonds. The Morgan fingerprint density at radius 1 is 1.21 bits per heavy atom. The van der Waals surface area contributed by atoms with Crippen LogP contribution in [0.25, 0.3) is 10.9 Å². The fraction of sp³-hybridized carbons (Fsp3) is 0.250. The first-order valence-corrected chi connectivity index (χ1v) is 6.46. The van der Waals surface area contributed by atoms with E-state index in [-0.39, 0.29) is 0 Å². The van der Waals surface area contributed by atoms with Gasteiger partial charge in [0.05, 0.1) is 6.26 Å². The van der Waals surface area contributed by atoms with Gasteiger partial charge in [-0.1, -0.05) is 6.07 Å². The summed E-state index contributed by atoms with van der Waals surface area (Å²) in [4.78, 5) is 5.62. The highest BCUT2D eigenvalue weighted by Crippen LogP contribution is 2.27. The first-order chi connectivity index (χ1) is 9.15. The number of hydrogen-bond acceptors (Lipinski definition) is 2. The maximum atomic E-state index is 5.42. The average molecular weight is 254 g/mol. The van der Waals surface area contributed by atoms with E-state index in [0.29, 0.717) is 0 Å². The van der Waals surface area contributed by atoms with Crippen LogP contribution >= 0.6 is 0 Å². The molecule has 0 fully saturated rings. The molecule has 1 N–H and O–H groups in total. The highest BCUT2D eigenvalue weighted by Gasteiger charge is 2.10. The van der Waals surface area contributed by atoms with Crippen LogP contribution in [-0.4, -0.2) is 19.1 Å². The number of H-pyrrole nitrogens is 1. The molecule has 0 spiro atoms. The maximum absolute atomic E-state index is 5.42. The Morgan fingerprint density at radius 2 is 2.05 bits per heavy atom. The SMILES string of the molecule is Cc1c(Cc2ccco2)[nH]c2cc(N(C)C)ccc12. The van der Waals surface area contributed by atoms with Crippen LogP contribution in [0.5, 0.6) is 0 Å². The van der Waals surface area contributed by atoms with Gasteiger partial charge in [0.25, 0.3) is 0 Å². The molecule has 0 atom stereocenters. The molecule has 1 aromatic carbocycles. The third-order valence-electron chi connectivity index (χ3n) is 3.59. The molecule has 3 nitrogen and oxygen atoms in total. The Morgan fingerprint density at radius 3 is 2.74 bits per heavy atom. The third-order valence-corrected chi connectivity index (χ3v) is 3.59. The Labute approximate surface area is 112 Å². The van der Waals surface area contributed by atoms with Gasteiger partial charge in [-0.15, -0.1) is 0 Å². The molecular formula is C16H18N2O. The fourth-order valence-electron chi connectivity index (χ4n) is 2.42. The predicted octanol–water partition coefficient (Wildman–Crippen LogP) is 3.73. The van der Waals surface area contributed by atoms with Crippen molar-refractivity contribution in [2.24, 2.45) is 0 Å². The number of aryl methyl sites for hydroxylation is 1. The molecule has 0 aliphatic carbocycles. The van der Waals surface area contributed by atoms with Crippen molar-refractivity contribution in [3.05, 3.63) is 53.6 Å². The number of hydrogen-bond donors (Lipinski definition) is 1. The van der Waals surface area contributed by atoms with Gasteiger partial charge in [-0.05, 0) is 36.8 Å². The first-order valence-electron chi connectivity index (χ1n) is 6.46. The molecule has 19 heavy (non-hydrogen) atoms. The average Bonchev–Trinajstić information content (AvgIpc) is 2.99. The topological polar surface area (TPSA) is 32.2 Å². The van der Waals surface area contributed by atoms with Gasteiger partial charge in [0.2, 0.25) is 0 Å². The van der Waals surface area contributed by atoms with Gasteiger partial charge >= 0.3 is 0 Å². The molecule has 3 heteroatoms. The van der Waals surface area contributed by atoms with Crippen molar-refractivity contribution in [3.63, 3.8) is 0 Å². The standard InChI is InChI=1S/C16H18N2O/c1-11-14-7-6-12(18(2)3)9-16(14)17-15(11)10-13-5-4-8-19-13/h4-9,17H,10H2,1-3H3. The summed E-state index contributed by atoms with van der Waals surface area (Å²) < 4.78 is 5.42. The molecule has 0 aliphatic rings. The van der Waals surface area contributed by atoms with Crippen molar-refractivity contribution in [1.29, 1.82) is 0 Å². The molecule has 3 aromatic rings. The number of fused-ring (bicyclic) bond motifs is 1. The van der Waals surface area contributed by atoms with Crippen molar-refractivity contribution in [3.8, 4) is 0 Å². The van der Waals surface area contributed by atoms with Crippen LogP contribution < -0.4 is 4.90 Å². The summed E-state index contributed by atoms with van der Waals surface area (Å²) in [7, 11) is 4.11. The van der Waals surface area contributed by atoms with Gasteiger partial charge in [0, 0.05) is 42.8 Å². The van der Waals surface area contributed by atoms with E-state index in [9.17, 15) is 0 Å². The zero-order chi connectivity index (χ0) is 13.4. The van der Waals surface area contributed by atoms with Crippen LogP contribution in [0.15, 0.2) is 41.0 Å². The number of aromatic nitrogens is 1. The number of aromatic amines is 1. The summed E-state index contributed by atoms with van der Waals surface area (Å²) in [5.41, 5.74) is 4.92. The fourth-order valence-corrected chi connectivity index (χ4v) is 2.42.